The maximum absolute atomic E-state index is 5.89. The standard InChI is InChI=1S/C29H32N2O2/c1-4-15-31-16-14-23-24(19-31)29(21-11-13-26(33-17-5-2)27(18-21)32-3)30-25-12-10-20-8-6-7-9-22(20)28(23)25/h6-13,18H,4-5,14-17,19H2,1-3H3. The molecule has 4 nitrogen and oxygen atoms in total. The fourth-order valence-electron chi connectivity index (χ4n) is 5.06. The topological polar surface area (TPSA) is 34.6 Å². The van der Waals surface area contributed by atoms with Gasteiger partial charge in [0.15, 0.2) is 11.5 Å². The van der Waals surface area contributed by atoms with Crippen LogP contribution in [0, 0.1) is 0 Å². The molecule has 170 valence electrons. The molecule has 3 aromatic carbocycles. The van der Waals surface area contributed by atoms with Gasteiger partial charge in [-0.15, -0.1) is 0 Å². The van der Waals surface area contributed by atoms with E-state index in [9.17, 15) is 0 Å². The second-order valence-corrected chi connectivity index (χ2v) is 8.84. The molecule has 0 unspecified atom stereocenters. The molecule has 0 bridgehead atoms. The summed E-state index contributed by atoms with van der Waals surface area (Å²) in [6.07, 6.45) is 3.17. The number of nitrogens with zero attached hydrogens (tertiary/aromatic N) is 2. The van der Waals surface area contributed by atoms with Gasteiger partial charge in [0.25, 0.3) is 0 Å². The molecular weight excluding hydrogens is 408 g/mol. The Morgan fingerprint density at radius 1 is 0.939 bits per heavy atom. The highest BCUT2D eigenvalue weighted by atomic mass is 16.5. The number of ether oxygens (including phenoxy) is 2. The fourth-order valence-corrected chi connectivity index (χ4v) is 5.06. The van der Waals surface area contributed by atoms with Crippen molar-refractivity contribution in [2.75, 3.05) is 26.8 Å². The van der Waals surface area contributed by atoms with Gasteiger partial charge in [-0.2, -0.15) is 0 Å². The van der Waals surface area contributed by atoms with E-state index < -0.39 is 0 Å². The van der Waals surface area contributed by atoms with E-state index in [-0.39, 0.29) is 0 Å². The van der Waals surface area contributed by atoms with Crippen LogP contribution in [0.5, 0.6) is 11.5 Å². The first-order valence-electron chi connectivity index (χ1n) is 12.1. The molecule has 1 aliphatic rings. The van der Waals surface area contributed by atoms with Gasteiger partial charge in [0.05, 0.1) is 24.9 Å². The molecule has 0 atom stereocenters. The first-order chi connectivity index (χ1) is 16.2. The molecule has 0 aliphatic carbocycles. The lowest BCUT2D eigenvalue weighted by molar-refractivity contribution is 0.255. The van der Waals surface area contributed by atoms with Crippen LogP contribution in [0.25, 0.3) is 32.9 Å². The van der Waals surface area contributed by atoms with Gasteiger partial charge in [0, 0.05) is 24.0 Å². The van der Waals surface area contributed by atoms with Crippen molar-refractivity contribution in [1.82, 2.24) is 9.88 Å². The van der Waals surface area contributed by atoms with Gasteiger partial charge in [0.2, 0.25) is 0 Å². The molecule has 33 heavy (non-hydrogen) atoms. The van der Waals surface area contributed by atoms with Crippen molar-refractivity contribution < 1.29 is 9.47 Å². The summed E-state index contributed by atoms with van der Waals surface area (Å²) < 4.78 is 11.6. The average Bonchev–Trinajstić information content (AvgIpc) is 2.86. The third-order valence-electron chi connectivity index (χ3n) is 6.59. The Morgan fingerprint density at radius 3 is 2.64 bits per heavy atom. The predicted molar refractivity (Wildman–Crippen MR) is 136 cm³/mol. The lowest BCUT2D eigenvalue weighted by Crippen LogP contribution is -2.32. The van der Waals surface area contributed by atoms with Crippen LogP contribution in [0.4, 0.5) is 0 Å². The molecule has 0 N–H and O–H groups in total. The maximum Gasteiger partial charge on any atom is 0.161 e. The quantitative estimate of drug-likeness (QED) is 0.303. The number of rotatable bonds is 7. The third-order valence-corrected chi connectivity index (χ3v) is 6.59. The smallest absolute Gasteiger partial charge is 0.161 e. The van der Waals surface area contributed by atoms with E-state index in [0.29, 0.717) is 6.61 Å². The van der Waals surface area contributed by atoms with Gasteiger partial charge >= 0.3 is 0 Å². The van der Waals surface area contributed by atoms with Crippen LogP contribution < -0.4 is 9.47 Å². The Bertz CT molecular complexity index is 1300. The normalized spacial score (nSPS) is 13.9. The van der Waals surface area contributed by atoms with Crippen molar-refractivity contribution in [3.63, 3.8) is 0 Å². The molecule has 4 aromatic rings. The lowest BCUT2D eigenvalue weighted by atomic mass is 9.89. The average molecular weight is 441 g/mol. The van der Waals surface area contributed by atoms with E-state index in [1.54, 1.807) is 7.11 Å². The van der Waals surface area contributed by atoms with E-state index in [1.807, 2.05) is 6.07 Å². The second kappa shape index (κ2) is 9.40. The highest BCUT2D eigenvalue weighted by Gasteiger charge is 2.24. The summed E-state index contributed by atoms with van der Waals surface area (Å²) in [6, 6.07) is 19.3. The van der Waals surface area contributed by atoms with Crippen LogP contribution >= 0.6 is 0 Å². The molecule has 4 heteroatoms. The summed E-state index contributed by atoms with van der Waals surface area (Å²) in [5, 5.41) is 3.89. The van der Waals surface area contributed by atoms with Crippen LogP contribution in [-0.4, -0.2) is 36.7 Å². The van der Waals surface area contributed by atoms with Crippen molar-refractivity contribution in [3.05, 3.63) is 65.7 Å². The molecular formula is C29H32N2O2. The van der Waals surface area contributed by atoms with Crippen LogP contribution in [-0.2, 0) is 13.0 Å². The van der Waals surface area contributed by atoms with Crippen molar-refractivity contribution in [1.29, 1.82) is 0 Å². The lowest BCUT2D eigenvalue weighted by Gasteiger charge is -2.31. The van der Waals surface area contributed by atoms with Crippen LogP contribution in [0.1, 0.15) is 37.8 Å². The Morgan fingerprint density at radius 2 is 1.82 bits per heavy atom. The van der Waals surface area contributed by atoms with E-state index in [1.165, 1.54) is 27.3 Å². The molecule has 5 rings (SSSR count). The summed E-state index contributed by atoms with van der Waals surface area (Å²) in [4.78, 5) is 7.80. The first kappa shape index (κ1) is 21.7. The van der Waals surface area contributed by atoms with E-state index in [0.717, 1.165) is 67.2 Å². The van der Waals surface area contributed by atoms with E-state index >= 15 is 0 Å². The summed E-state index contributed by atoms with van der Waals surface area (Å²) in [5.74, 6) is 1.55. The zero-order chi connectivity index (χ0) is 22.8. The highest BCUT2D eigenvalue weighted by Crippen LogP contribution is 2.39. The number of pyridine rings is 1. The Balaban J connectivity index is 1.72. The minimum Gasteiger partial charge on any atom is -0.493 e. The second-order valence-electron chi connectivity index (χ2n) is 8.84. The fraction of sp³-hybridized carbons (Fsp3) is 0.345. The van der Waals surface area contributed by atoms with E-state index in [4.69, 9.17) is 14.5 Å². The molecule has 2 heterocycles. The summed E-state index contributed by atoms with van der Waals surface area (Å²) in [7, 11) is 1.70. The zero-order valence-corrected chi connectivity index (χ0v) is 19.9. The number of methoxy groups -OCH3 is 1. The molecule has 0 saturated carbocycles. The molecule has 0 radical (unpaired) electrons. The highest BCUT2D eigenvalue weighted by molar-refractivity contribution is 6.09. The van der Waals surface area contributed by atoms with Crippen LogP contribution in [0.15, 0.2) is 54.6 Å². The SMILES string of the molecule is CCCOc1ccc(-c2nc3ccc4ccccc4c3c3c2CN(CCC)CC3)cc1OC. The summed E-state index contributed by atoms with van der Waals surface area (Å²) in [5.41, 5.74) is 6.01. The van der Waals surface area contributed by atoms with Crippen molar-refractivity contribution >= 4 is 21.7 Å². The van der Waals surface area contributed by atoms with Gasteiger partial charge < -0.3 is 9.47 Å². The van der Waals surface area contributed by atoms with Crippen molar-refractivity contribution in [2.24, 2.45) is 0 Å². The molecule has 0 fully saturated rings. The van der Waals surface area contributed by atoms with Gasteiger partial charge in [-0.1, -0.05) is 44.2 Å². The van der Waals surface area contributed by atoms with Crippen molar-refractivity contribution in [3.8, 4) is 22.8 Å². The number of hydrogen-bond donors (Lipinski definition) is 0. The zero-order valence-electron chi connectivity index (χ0n) is 19.9. The summed E-state index contributed by atoms with van der Waals surface area (Å²) >= 11 is 0. The minimum atomic E-state index is 0.679. The number of fused-ring (bicyclic) bond motifs is 5. The van der Waals surface area contributed by atoms with Gasteiger partial charge in [-0.05, 0) is 72.0 Å². The van der Waals surface area contributed by atoms with Crippen molar-refractivity contribution in [2.45, 2.75) is 39.7 Å². The van der Waals surface area contributed by atoms with Gasteiger partial charge in [0.1, 0.15) is 0 Å². The molecule has 1 aromatic heterocycles. The Kier molecular flexibility index (Phi) is 6.19. The Hall–Kier alpha value is -3.11. The van der Waals surface area contributed by atoms with Gasteiger partial charge in [-0.3, -0.25) is 4.90 Å². The minimum absolute atomic E-state index is 0.679. The Labute approximate surface area is 196 Å². The molecule has 0 amide bonds. The number of aromatic nitrogens is 1. The molecule has 0 saturated heterocycles. The summed E-state index contributed by atoms with van der Waals surface area (Å²) in [6.45, 7) is 8.18. The third kappa shape index (κ3) is 4.04. The molecule has 1 aliphatic heterocycles. The number of hydrogen-bond acceptors (Lipinski definition) is 4. The van der Waals surface area contributed by atoms with E-state index in [2.05, 4.69) is 67.3 Å². The largest absolute Gasteiger partial charge is 0.493 e. The van der Waals surface area contributed by atoms with Crippen LogP contribution in [0.2, 0.25) is 0 Å². The first-order valence-corrected chi connectivity index (χ1v) is 12.1. The van der Waals surface area contributed by atoms with Gasteiger partial charge in [-0.25, -0.2) is 4.98 Å². The molecule has 0 spiro atoms. The maximum atomic E-state index is 5.89. The monoisotopic (exact) mass is 440 g/mol. The predicted octanol–water partition coefficient (Wildman–Crippen LogP) is 6.62. The number of benzene rings is 3. The van der Waals surface area contributed by atoms with Crippen LogP contribution in [0.3, 0.4) is 0 Å².